The molecule has 0 amide bonds. The van der Waals surface area contributed by atoms with Crippen molar-refractivity contribution in [1.82, 2.24) is 0 Å². The molecule has 0 saturated carbocycles. The normalized spacial score (nSPS) is 9.50. The van der Waals surface area contributed by atoms with E-state index in [-0.39, 0.29) is 22.8 Å². The van der Waals surface area contributed by atoms with Gasteiger partial charge in [-0.3, -0.25) is 0 Å². The number of ether oxygens (including phenoxy) is 1. The van der Waals surface area contributed by atoms with Gasteiger partial charge in [0.15, 0.2) is 11.5 Å². The summed E-state index contributed by atoms with van der Waals surface area (Å²) in [5, 5.41) is 18.2. The van der Waals surface area contributed by atoms with Crippen molar-refractivity contribution < 1.29 is 19.7 Å². The fraction of sp³-hybridized carbons (Fsp3) is 0.100. The summed E-state index contributed by atoms with van der Waals surface area (Å²) in [7, 11) is 0. The van der Waals surface area contributed by atoms with Crippen LogP contribution in [0.5, 0.6) is 17.2 Å². The van der Waals surface area contributed by atoms with Gasteiger partial charge >= 0.3 is 5.97 Å². The third-order valence-electron chi connectivity index (χ3n) is 1.49. The minimum absolute atomic E-state index is 0.00389. The Morgan fingerprint density at radius 3 is 2.57 bits per heavy atom. The van der Waals surface area contributed by atoms with Gasteiger partial charge < -0.3 is 14.9 Å². The van der Waals surface area contributed by atoms with Gasteiger partial charge in [-0.15, -0.1) is 0 Å². The van der Waals surface area contributed by atoms with E-state index < -0.39 is 5.97 Å². The predicted octanol–water partition coefficient (Wildman–Crippen LogP) is 1.58. The number of rotatable bonds is 2. The van der Waals surface area contributed by atoms with Crippen molar-refractivity contribution in [2.24, 2.45) is 0 Å². The number of aromatic hydroxyl groups is 2. The Hall–Kier alpha value is -1.97. The summed E-state index contributed by atoms with van der Waals surface area (Å²) in [6.45, 7) is 4.89. The van der Waals surface area contributed by atoms with Crippen LogP contribution in [0.1, 0.15) is 6.92 Å². The Labute approximate surface area is 81.1 Å². The zero-order valence-electron chi connectivity index (χ0n) is 7.65. The van der Waals surface area contributed by atoms with Crippen molar-refractivity contribution in [3.05, 3.63) is 30.4 Å². The zero-order chi connectivity index (χ0) is 10.7. The van der Waals surface area contributed by atoms with Crippen LogP contribution in [0.25, 0.3) is 0 Å². The van der Waals surface area contributed by atoms with E-state index in [9.17, 15) is 9.90 Å². The first-order valence-electron chi connectivity index (χ1n) is 3.90. The number of carbonyl (C=O) groups is 1. The van der Waals surface area contributed by atoms with Crippen molar-refractivity contribution in [2.45, 2.75) is 6.92 Å². The third-order valence-corrected chi connectivity index (χ3v) is 1.49. The van der Waals surface area contributed by atoms with Gasteiger partial charge in [0.25, 0.3) is 0 Å². The minimum Gasteiger partial charge on any atom is -0.508 e. The van der Waals surface area contributed by atoms with E-state index in [1.54, 1.807) is 0 Å². The Morgan fingerprint density at radius 1 is 1.43 bits per heavy atom. The fourth-order valence-electron chi connectivity index (χ4n) is 0.779. The van der Waals surface area contributed by atoms with Crippen LogP contribution in [0, 0.1) is 0 Å². The average Bonchev–Trinajstić information content (AvgIpc) is 2.09. The molecule has 0 atom stereocenters. The van der Waals surface area contributed by atoms with Gasteiger partial charge in [0.1, 0.15) is 5.75 Å². The summed E-state index contributed by atoms with van der Waals surface area (Å²) >= 11 is 0. The quantitative estimate of drug-likeness (QED) is 0.426. The predicted molar refractivity (Wildman–Crippen MR) is 50.2 cm³/mol. The van der Waals surface area contributed by atoms with Gasteiger partial charge in [0.05, 0.1) is 0 Å². The Morgan fingerprint density at radius 2 is 2.07 bits per heavy atom. The maximum absolute atomic E-state index is 11.1. The van der Waals surface area contributed by atoms with Gasteiger partial charge in [0, 0.05) is 11.6 Å². The Balaban J connectivity index is 2.87. The average molecular weight is 194 g/mol. The summed E-state index contributed by atoms with van der Waals surface area (Å²) < 4.78 is 4.76. The second-order valence-electron chi connectivity index (χ2n) is 2.82. The highest BCUT2D eigenvalue weighted by Crippen LogP contribution is 2.29. The molecule has 74 valence electrons. The van der Waals surface area contributed by atoms with Gasteiger partial charge in [-0.2, -0.15) is 0 Å². The lowest BCUT2D eigenvalue weighted by atomic mass is 10.3. The van der Waals surface area contributed by atoms with E-state index in [1.807, 2.05) is 0 Å². The van der Waals surface area contributed by atoms with E-state index in [0.717, 1.165) is 6.07 Å². The molecule has 0 spiro atoms. The SMILES string of the molecule is C=C(C)C(=O)Oc1ccc(O)cc1O. The second kappa shape index (κ2) is 3.83. The molecule has 0 unspecified atom stereocenters. The molecule has 0 aliphatic carbocycles. The van der Waals surface area contributed by atoms with Gasteiger partial charge in [-0.1, -0.05) is 6.58 Å². The molecule has 1 aromatic carbocycles. The molecule has 14 heavy (non-hydrogen) atoms. The fourth-order valence-corrected chi connectivity index (χ4v) is 0.779. The molecule has 0 heterocycles. The first-order valence-corrected chi connectivity index (χ1v) is 3.90. The lowest BCUT2D eigenvalue weighted by Crippen LogP contribution is -2.08. The highest BCUT2D eigenvalue weighted by molar-refractivity contribution is 5.89. The molecule has 4 nitrogen and oxygen atoms in total. The first kappa shape index (κ1) is 10.1. The van der Waals surface area contributed by atoms with Crippen LogP contribution < -0.4 is 4.74 Å². The molecule has 0 aliphatic rings. The van der Waals surface area contributed by atoms with Crippen LogP contribution in [0.3, 0.4) is 0 Å². The third kappa shape index (κ3) is 2.26. The molecular formula is C10H10O4. The molecule has 0 aromatic heterocycles. The number of carbonyl (C=O) groups excluding carboxylic acids is 1. The monoisotopic (exact) mass is 194 g/mol. The van der Waals surface area contributed by atoms with Gasteiger partial charge in [-0.05, 0) is 19.1 Å². The van der Waals surface area contributed by atoms with Crippen LogP contribution in [-0.4, -0.2) is 16.2 Å². The Bertz CT molecular complexity index is 382. The lowest BCUT2D eigenvalue weighted by Gasteiger charge is -2.05. The van der Waals surface area contributed by atoms with Crippen LogP contribution >= 0.6 is 0 Å². The summed E-state index contributed by atoms with van der Waals surface area (Å²) in [6, 6.07) is 3.69. The van der Waals surface area contributed by atoms with Crippen molar-refractivity contribution in [3.63, 3.8) is 0 Å². The van der Waals surface area contributed by atoms with Crippen LogP contribution in [0.15, 0.2) is 30.4 Å². The molecule has 1 aromatic rings. The highest BCUT2D eigenvalue weighted by atomic mass is 16.5. The summed E-state index contributed by atoms with van der Waals surface area (Å²) in [5.74, 6) is -1.01. The van der Waals surface area contributed by atoms with Gasteiger partial charge in [-0.25, -0.2) is 4.79 Å². The number of benzene rings is 1. The van der Waals surface area contributed by atoms with Crippen molar-refractivity contribution in [1.29, 1.82) is 0 Å². The molecule has 0 radical (unpaired) electrons. The first-order chi connectivity index (χ1) is 6.50. The van der Waals surface area contributed by atoms with E-state index in [4.69, 9.17) is 9.84 Å². The standard InChI is InChI=1S/C10H10O4/c1-6(2)10(13)14-9-4-3-7(11)5-8(9)12/h3-5,11-12H,1H2,2H3. The number of hydrogen-bond donors (Lipinski definition) is 2. The van der Waals surface area contributed by atoms with E-state index in [2.05, 4.69) is 6.58 Å². The summed E-state index contributed by atoms with van der Waals surface area (Å²) in [5.41, 5.74) is 0.234. The summed E-state index contributed by atoms with van der Waals surface area (Å²) in [6.07, 6.45) is 0. The van der Waals surface area contributed by atoms with Crippen molar-refractivity contribution >= 4 is 5.97 Å². The number of esters is 1. The lowest BCUT2D eigenvalue weighted by molar-refractivity contribution is -0.130. The number of phenolic OH excluding ortho intramolecular Hbond substituents is 2. The van der Waals surface area contributed by atoms with Crippen molar-refractivity contribution in [3.8, 4) is 17.2 Å². The van der Waals surface area contributed by atoms with Crippen molar-refractivity contribution in [2.75, 3.05) is 0 Å². The van der Waals surface area contributed by atoms with E-state index >= 15 is 0 Å². The number of hydrogen-bond acceptors (Lipinski definition) is 4. The minimum atomic E-state index is -0.619. The largest absolute Gasteiger partial charge is 0.508 e. The molecule has 1 rings (SSSR count). The second-order valence-corrected chi connectivity index (χ2v) is 2.82. The molecule has 2 N–H and O–H groups in total. The molecule has 0 saturated heterocycles. The smallest absolute Gasteiger partial charge is 0.338 e. The van der Waals surface area contributed by atoms with E-state index in [1.165, 1.54) is 19.1 Å². The maximum atomic E-state index is 11.1. The molecule has 0 aliphatic heterocycles. The Kier molecular flexibility index (Phi) is 2.76. The molecule has 0 fully saturated rings. The topological polar surface area (TPSA) is 66.8 Å². The van der Waals surface area contributed by atoms with Gasteiger partial charge in [0.2, 0.25) is 0 Å². The highest BCUT2D eigenvalue weighted by Gasteiger charge is 2.09. The molecule has 4 heteroatoms. The molecule has 0 bridgehead atoms. The molecular weight excluding hydrogens is 184 g/mol. The van der Waals surface area contributed by atoms with E-state index in [0.29, 0.717) is 0 Å². The maximum Gasteiger partial charge on any atom is 0.338 e. The summed E-state index contributed by atoms with van der Waals surface area (Å²) in [4.78, 5) is 11.1. The zero-order valence-corrected chi connectivity index (χ0v) is 7.65. The van der Waals surface area contributed by atoms with Crippen LogP contribution in [0.2, 0.25) is 0 Å². The number of phenols is 2. The van der Waals surface area contributed by atoms with Crippen LogP contribution in [0.4, 0.5) is 0 Å². The van der Waals surface area contributed by atoms with Crippen LogP contribution in [-0.2, 0) is 4.79 Å².